The van der Waals surface area contributed by atoms with E-state index >= 15 is 0 Å². The summed E-state index contributed by atoms with van der Waals surface area (Å²) in [5.74, 6) is -0.554. The molecule has 11 nitrogen and oxygen atoms in total. The Morgan fingerprint density at radius 1 is 1.00 bits per heavy atom. The second-order valence-corrected chi connectivity index (χ2v) is 5.30. The second-order valence-electron chi connectivity index (χ2n) is 5.30. The first-order chi connectivity index (χ1) is 13.0. The molecule has 0 aliphatic heterocycles. The Hall–Kier alpha value is -4.28. The number of hydrogen-bond acceptors (Lipinski definition) is 7. The van der Waals surface area contributed by atoms with Gasteiger partial charge in [-0.25, -0.2) is 4.68 Å². The number of carbonyl (C=O) groups excluding carboxylic acids is 1. The molecule has 0 bridgehead atoms. The molecule has 11 heteroatoms. The molecule has 0 radical (unpaired) electrons. The molecule has 0 atom stereocenters. The van der Waals surface area contributed by atoms with E-state index in [9.17, 15) is 25.0 Å². The maximum atomic E-state index is 12.2. The lowest BCUT2D eigenvalue weighted by Crippen LogP contribution is -2.29. The standard InChI is InChI=1S/C16H12N6O5/c23-16(19-18-14-3-1-2-4-15(14)22(26)27)11-9-17-20(10-11)12-5-7-13(8-6-12)21(24)25/h1-10,18H,(H,19,23). The maximum Gasteiger partial charge on any atom is 0.294 e. The molecule has 0 fully saturated rings. The van der Waals surface area contributed by atoms with Gasteiger partial charge < -0.3 is 0 Å². The highest BCUT2D eigenvalue weighted by molar-refractivity contribution is 5.94. The predicted molar refractivity (Wildman–Crippen MR) is 94.4 cm³/mol. The number of amides is 1. The van der Waals surface area contributed by atoms with E-state index in [1.54, 1.807) is 6.07 Å². The molecule has 3 rings (SSSR count). The summed E-state index contributed by atoms with van der Waals surface area (Å²) >= 11 is 0. The minimum absolute atomic E-state index is 0.0578. The molecule has 0 aliphatic carbocycles. The number of nitro benzene ring substituents is 2. The Balaban J connectivity index is 1.70. The Morgan fingerprint density at radius 3 is 2.37 bits per heavy atom. The molecule has 0 saturated heterocycles. The summed E-state index contributed by atoms with van der Waals surface area (Å²) < 4.78 is 1.38. The number of non-ortho nitro benzene ring substituents is 1. The van der Waals surface area contributed by atoms with Crippen molar-refractivity contribution in [1.82, 2.24) is 15.2 Å². The van der Waals surface area contributed by atoms with E-state index in [4.69, 9.17) is 0 Å². The molecule has 27 heavy (non-hydrogen) atoms. The van der Waals surface area contributed by atoms with E-state index in [1.807, 2.05) is 0 Å². The maximum absolute atomic E-state index is 12.2. The number of nitrogens with one attached hydrogen (secondary N) is 2. The van der Waals surface area contributed by atoms with Crippen molar-refractivity contribution < 1.29 is 14.6 Å². The summed E-state index contributed by atoms with van der Waals surface area (Å²) in [5, 5.41) is 25.7. The van der Waals surface area contributed by atoms with Crippen LogP contribution in [-0.2, 0) is 0 Å². The van der Waals surface area contributed by atoms with Crippen LogP contribution >= 0.6 is 0 Å². The number of nitro groups is 2. The minimum Gasteiger partial charge on any atom is -0.292 e. The van der Waals surface area contributed by atoms with Crippen molar-refractivity contribution in [3.05, 3.63) is 86.7 Å². The van der Waals surface area contributed by atoms with Gasteiger partial charge in [0.1, 0.15) is 5.69 Å². The molecule has 3 aromatic rings. The zero-order valence-corrected chi connectivity index (χ0v) is 13.6. The van der Waals surface area contributed by atoms with Crippen molar-refractivity contribution in [3.63, 3.8) is 0 Å². The monoisotopic (exact) mass is 368 g/mol. The van der Waals surface area contributed by atoms with Crippen LogP contribution in [-0.4, -0.2) is 25.5 Å². The average Bonchev–Trinajstić information content (AvgIpc) is 3.16. The van der Waals surface area contributed by atoms with Gasteiger partial charge >= 0.3 is 0 Å². The summed E-state index contributed by atoms with van der Waals surface area (Å²) in [6.45, 7) is 0. The third kappa shape index (κ3) is 3.87. The summed E-state index contributed by atoms with van der Waals surface area (Å²) in [4.78, 5) is 32.8. The first-order valence-corrected chi connectivity index (χ1v) is 7.55. The normalized spacial score (nSPS) is 10.2. The van der Waals surface area contributed by atoms with Crippen molar-refractivity contribution in [2.24, 2.45) is 0 Å². The molecule has 2 aromatic carbocycles. The van der Waals surface area contributed by atoms with Gasteiger partial charge in [0.15, 0.2) is 0 Å². The Labute approximate surface area is 151 Å². The fourth-order valence-electron chi connectivity index (χ4n) is 2.24. The molecule has 0 aliphatic rings. The number of para-hydroxylation sites is 2. The van der Waals surface area contributed by atoms with Crippen molar-refractivity contribution in [3.8, 4) is 5.69 Å². The Bertz CT molecular complexity index is 1010. The van der Waals surface area contributed by atoms with Gasteiger partial charge in [0.05, 0.1) is 27.3 Å². The van der Waals surface area contributed by atoms with Crippen LogP contribution in [0.15, 0.2) is 60.9 Å². The Kier molecular flexibility index (Phi) is 4.75. The third-order valence-electron chi connectivity index (χ3n) is 3.58. The summed E-state index contributed by atoms with van der Waals surface area (Å²) in [5.41, 5.74) is 5.50. The zero-order valence-electron chi connectivity index (χ0n) is 13.6. The largest absolute Gasteiger partial charge is 0.294 e. The van der Waals surface area contributed by atoms with Crippen LogP contribution in [0.3, 0.4) is 0 Å². The third-order valence-corrected chi connectivity index (χ3v) is 3.58. The number of anilines is 1. The van der Waals surface area contributed by atoms with Crippen LogP contribution in [0.5, 0.6) is 0 Å². The number of rotatable bonds is 6. The van der Waals surface area contributed by atoms with Gasteiger partial charge in [-0.3, -0.25) is 35.9 Å². The molecule has 1 heterocycles. The van der Waals surface area contributed by atoms with E-state index in [0.717, 1.165) is 0 Å². The van der Waals surface area contributed by atoms with Gasteiger partial charge in [-0.15, -0.1) is 0 Å². The lowest BCUT2D eigenvalue weighted by atomic mass is 10.3. The molecule has 136 valence electrons. The highest BCUT2D eigenvalue weighted by atomic mass is 16.6. The lowest BCUT2D eigenvalue weighted by molar-refractivity contribution is -0.384. The first-order valence-electron chi connectivity index (χ1n) is 7.55. The van der Waals surface area contributed by atoms with E-state index < -0.39 is 15.8 Å². The van der Waals surface area contributed by atoms with E-state index in [1.165, 1.54) is 59.5 Å². The van der Waals surface area contributed by atoms with Gasteiger partial charge in [0.25, 0.3) is 17.3 Å². The van der Waals surface area contributed by atoms with Crippen LogP contribution in [0.25, 0.3) is 5.69 Å². The number of aromatic nitrogens is 2. The van der Waals surface area contributed by atoms with E-state index in [0.29, 0.717) is 5.69 Å². The topological polar surface area (TPSA) is 145 Å². The van der Waals surface area contributed by atoms with Crippen LogP contribution in [0.4, 0.5) is 17.1 Å². The molecule has 2 N–H and O–H groups in total. The SMILES string of the molecule is O=C(NNc1ccccc1[N+](=O)[O-])c1cnn(-c2ccc([N+](=O)[O-])cc2)c1. The van der Waals surface area contributed by atoms with E-state index in [-0.39, 0.29) is 22.6 Å². The van der Waals surface area contributed by atoms with Gasteiger partial charge in [0, 0.05) is 24.4 Å². The first kappa shape index (κ1) is 17.5. The molecule has 0 spiro atoms. The minimum atomic E-state index is -0.568. The summed E-state index contributed by atoms with van der Waals surface area (Å²) in [6.07, 6.45) is 2.73. The van der Waals surface area contributed by atoms with Gasteiger partial charge in [-0.2, -0.15) is 5.10 Å². The van der Waals surface area contributed by atoms with Crippen molar-refractivity contribution in [1.29, 1.82) is 0 Å². The number of carbonyl (C=O) groups is 1. The van der Waals surface area contributed by atoms with Gasteiger partial charge in [0.2, 0.25) is 0 Å². The highest BCUT2D eigenvalue weighted by Crippen LogP contribution is 2.22. The second kappa shape index (κ2) is 7.31. The van der Waals surface area contributed by atoms with Gasteiger partial charge in [-0.05, 0) is 18.2 Å². The molecular formula is C16H12N6O5. The zero-order chi connectivity index (χ0) is 19.4. The van der Waals surface area contributed by atoms with Crippen LogP contribution in [0.1, 0.15) is 10.4 Å². The molecule has 0 unspecified atom stereocenters. The number of benzene rings is 2. The lowest BCUT2D eigenvalue weighted by Gasteiger charge is -2.07. The van der Waals surface area contributed by atoms with Gasteiger partial charge in [-0.1, -0.05) is 12.1 Å². The smallest absolute Gasteiger partial charge is 0.292 e. The predicted octanol–water partition coefficient (Wildman–Crippen LogP) is 2.45. The molecular weight excluding hydrogens is 356 g/mol. The number of hydrogen-bond donors (Lipinski definition) is 2. The average molecular weight is 368 g/mol. The number of nitrogens with zero attached hydrogens (tertiary/aromatic N) is 4. The fraction of sp³-hybridized carbons (Fsp3) is 0. The fourth-order valence-corrected chi connectivity index (χ4v) is 2.24. The van der Waals surface area contributed by atoms with Crippen molar-refractivity contribution in [2.45, 2.75) is 0 Å². The summed E-state index contributed by atoms with van der Waals surface area (Å²) in [6, 6.07) is 11.5. The summed E-state index contributed by atoms with van der Waals surface area (Å²) in [7, 11) is 0. The number of hydrazine groups is 1. The van der Waals surface area contributed by atoms with Crippen LogP contribution in [0.2, 0.25) is 0 Å². The quantitative estimate of drug-likeness (QED) is 0.502. The van der Waals surface area contributed by atoms with E-state index in [2.05, 4.69) is 16.0 Å². The highest BCUT2D eigenvalue weighted by Gasteiger charge is 2.14. The van der Waals surface area contributed by atoms with Crippen molar-refractivity contribution in [2.75, 3.05) is 5.43 Å². The molecule has 1 aromatic heterocycles. The Morgan fingerprint density at radius 2 is 1.70 bits per heavy atom. The van der Waals surface area contributed by atoms with Crippen molar-refractivity contribution >= 4 is 23.0 Å². The van der Waals surface area contributed by atoms with Crippen LogP contribution in [0, 0.1) is 20.2 Å². The van der Waals surface area contributed by atoms with Crippen LogP contribution < -0.4 is 10.9 Å². The molecule has 1 amide bonds. The molecule has 0 saturated carbocycles.